The van der Waals surface area contributed by atoms with Gasteiger partial charge in [-0.1, -0.05) is 62.1 Å². The summed E-state index contributed by atoms with van der Waals surface area (Å²) in [5, 5.41) is 17.3. The van der Waals surface area contributed by atoms with E-state index in [1.54, 1.807) is 113 Å². The van der Waals surface area contributed by atoms with E-state index in [2.05, 4.69) is 40.8 Å². The number of nitrogens with zero attached hydrogens (tertiary/aromatic N) is 6. The Morgan fingerprint density at radius 1 is 0.625 bits per heavy atom. The van der Waals surface area contributed by atoms with Crippen molar-refractivity contribution in [2.24, 2.45) is 23.3 Å². The first-order chi connectivity index (χ1) is 41.4. The average molecular weight is 1240 g/mol. The van der Waals surface area contributed by atoms with Gasteiger partial charge in [0.15, 0.2) is 0 Å². The van der Waals surface area contributed by atoms with Gasteiger partial charge >= 0.3 is 6.09 Å². The molecule has 3 amide bonds. The third-order valence-corrected chi connectivity index (χ3v) is 17.1. The minimum Gasteiger partial charge on any atom is -0.444 e. The summed E-state index contributed by atoms with van der Waals surface area (Å²) in [4.78, 5) is 47.8. The van der Waals surface area contributed by atoms with Gasteiger partial charge in [0, 0.05) is 37.9 Å². The normalized spacial score (nSPS) is 14.9. The molecule has 21 heteroatoms. The summed E-state index contributed by atoms with van der Waals surface area (Å²) < 4.78 is 55.5. The molecule has 4 aromatic carbocycles. The number of hydrogen-bond acceptors (Lipinski definition) is 11. The van der Waals surface area contributed by atoms with Crippen LogP contribution < -0.4 is 32.1 Å². The molecule has 2 unspecified atom stereocenters. The standard InChI is InChI=1S/C38H47FN6O4S.C29H31FN6O.ClH/c1-25-21-33(45(43-25)30-10-8-9-27(22-30)24-41-35(47)49-36(2,3)4)34(46)42-32-23-29(13-14-31(32)39)38(18-15-26-11-12-26,28-16-19-40-20-17-28)44-50(48)37(5,6)7;1-19-15-27(36(35-19)24-4-2-3-21(16-24)18-31)28(37)34-26-17-23(7-8-25(26)30)29(32,12-9-20-5-6-20)22-10-13-33-14-11-22;/h8-10,13-14,16-17,19-23,26,44H,11-12,15,18,24H2,1-7H3,(H,41,47)(H,42,46);2-4,7-8,10-11,13-17,20H,5-6,9,12,18,31-32H2,1H3,(H,34,37);1H/t38?,50-;;/m0../s1. The van der Waals surface area contributed by atoms with E-state index in [0.717, 1.165) is 53.5 Å². The Kier molecular flexibility index (Phi) is 21.0. The van der Waals surface area contributed by atoms with Gasteiger partial charge in [0.05, 0.1) is 60.9 Å². The Morgan fingerprint density at radius 3 is 1.60 bits per heavy atom. The summed E-state index contributed by atoms with van der Waals surface area (Å²) >= 11 is 0. The number of hydrogen-bond donors (Lipinski definition) is 6. The Morgan fingerprint density at radius 2 is 1.10 bits per heavy atom. The molecular weight excluding hydrogens is 1160 g/mol. The fraction of sp³-hybridized carbons (Fsp3) is 0.358. The molecule has 4 aromatic heterocycles. The predicted octanol–water partition coefficient (Wildman–Crippen LogP) is 12.7. The Hall–Kier alpha value is -8.01. The number of amides is 3. The number of rotatable bonds is 21. The summed E-state index contributed by atoms with van der Waals surface area (Å²) in [6.07, 6.45) is 14.2. The lowest BCUT2D eigenvalue weighted by Gasteiger charge is -2.38. The van der Waals surface area contributed by atoms with Crippen LogP contribution in [-0.4, -0.2) is 62.0 Å². The van der Waals surface area contributed by atoms with Gasteiger partial charge in [-0.15, -0.1) is 12.4 Å². The first kappa shape index (κ1) is 66.0. The minimum atomic E-state index is -1.48. The molecule has 17 nitrogen and oxygen atoms in total. The van der Waals surface area contributed by atoms with Crippen LogP contribution in [0.15, 0.2) is 146 Å². The molecule has 0 radical (unpaired) electrons. The largest absolute Gasteiger partial charge is 0.444 e. The van der Waals surface area contributed by atoms with Gasteiger partial charge in [-0.2, -0.15) is 10.2 Å². The second-order valence-corrected chi connectivity index (χ2v) is 26.6. The van der Waals surface area contributed by atoms with Gasteiger partial charge < -0.3 is 32.2 Å². The van der Waals surface area contributed by atoms with Crippen molar-refractivity contribution in [2.75, 3.05) is 10.6 Å². The zero-order chi connectivity index (χ0) is 62.3. The number of carbonyl (C=O) groups is 3. The molecule has 2 saturated carbocycles. The quantitative estimate of drug-likeness (QED) is 0.0395. The number of aryl methyl sites for hydroxylation is 2. The number of nitrogens with one attached hydrogen (secondary N) is 4. The lowest BCUT2D eigenvalue weighted by Crippen LogP contribution is -2.49. The molecule has 88 heavy (non-hydrogen) atoms. The van der Waals surface area contributed by atoms with Crippen LogP contribution in [0.3, 0.4) is 0 Å². The number of ether oxygens (including phenoxy) is 1. The van der Waals surface area contributed by atoms with E-state index in [4.69, 9.17) is 16.2 Å². The van der Waals surface area contributed by atoms with Crippen LogP contribution in [0.4, 0.5) is 25.0 Å². The van der Waals surface area contributed by atoms with Crippen molar-refractivity contribution in [3.05, 3.63) is 214 Å². The molecule has 10 rings (SSSR count). The fourth-order valence-electron chi connectivity index (χ4n) is 10.3. The molecule has 2 aliphatic carbocycles. The number of aromatic nitrogens is 6. The lowest BCUT2D eigenvalue weighted by molar-refractivity contribution is 0.0523. The van der Waals surface area contributed by atoms with Crippen molar-refractivity contribution < 1.29 is 32.1 Å². The van der Waals surface area contributed by atoms with Crippen molar-refractivity contribution in [2.45, 2.75) is 141 Å². The van der Waals surface area contributed by atoms with E-state index in [1.807, 2.05) is 81.4 Å². The highest BCUT2D eigenvalue weighted by Crippen LogP contribution is 2.44. The monoisotopic (exact) mass is 1240 g/mol. The molecule has 4 heterocycles. The zero-order valence-corrected chi connectivity index (χ0v) is 52.7. The van der Waals surface area contributed by atoms with Crippen molar-refractivity contribution in [3.63, 3.8) is 0 Å². The average Bonchev–Trinajstić information content (AvgIpc) is 1.85. The van der Waals surface area contributed by atoms with Crippen molar-refractivity contribution in [1.29, 1.82) is 0 Å². The van der Waals surface area contributed by atoms with Gasteiger partial charge in [0.2, 0.25) is 0 Å². The summed E-state index contributed by atoms with van der Waals surface area (Å²) in [5.74, 6) is -0.911. The highest BCUT2D eigenvalue weighted by Gasteiger charge is 2.41. The van der Waals surface area contributed by atoms with Crippen LogP contribution in [0, 0.1) is 37.3 Å². The van der Waals surface area contributed by atoms with E-state index in [1.165, 1.54) is 29.7 Å². The number of pyridine rings is 2. The second kappa shape index (κ2) is 28.0. The summed E-state index contributed by atoms with van der Waals surface area (Å²) in [5.41, 5.74) is 18.3. The van der Waals surface area contributed by atoms with Gasteiger partial charge in [-0.3, -0.25) is 19.6 Å². The van der Waals surface area contributed by atoms with Crippen LogP contribution >= 0.6 is 12.4 Å². The van der Waals surface area contributed by atoms with Crippen LogP contribution in [0.2, 0.25) is 0 Å². The first-order valence-corrected chi connectivity index (χ1v) is 30.6. The molecule has 0 aliphatic heterocycles. The van der Waals surface area contributed by atoms with Crippen molar-refractivity contribution in [1.82, 2.24) is 39.6 Å². The van der Waals surface area contributed by atoms with Crippen LogP contribution in [-0.2, 0) is 39.9 Å². The highest BCUT2D eigenvalue weighted by molar-refractivity contribution is 7.84. The number of anilines is 2. The maximum atomic E-state index is 15.6. The van der Waals surface area contributed by atoms with E-state index >= 15 is 4.39 Å². The molecular formula is C67H79ClF2N12O5S. The smallest absolute Gasteiger partial charge is 0.407 e. The number of benzene rings is 4. The molecule has 8 aromatic rings. The minimum absolute atomic E-state index is 0. The molecule has 464 valence electrons. The van der Waals surface area contributed by atoms with E-state index in [0.29, 0.717) is 65.2 Å². The highest BCUT2D eigenvalue weighted by atomic mass is 35.5. The SMILES string of the molecule is Cc1cc(C(=O)Nc2cc(C(CCC3CC3)(N[S@@](=O)C(C)(C)C)c3ccncc3)ccc2F)n(-c2cccc(CNC(=O)OC(C)(C)C)c2)n1.Cc1cc(C(=O)Nc2cc(C(N)(CCC3CC3)c3ccncc3)ccc2F)n(-c2cccc(CN)c2)n1.Cl. The molecule has 3 atom stereocenters. The van der Waals surface area contributed by atoms with Crippen LogP contribution in [0.1, 0.15) is 159 Å². The third-order valence-electron chi connectivity index (χ3n) is 15.4. The molecule has 2 fully saturated rings. The second-order valence-electron chi connectivity index (χ2n) is 24.7. The number of halogens is 3. The maximum Gasteiger partial charge on any atom is 0.407 e. The van der Waals surface area contributed by atoms with Crippen LogP contribution in [0.5, 0.6) is 0 Å². The lowest BCUT2D eigenvalue weighted by atomic mass is 9.79. The van der Waals surface area contributed by atoms with Crippen molar-refractivity contribution in [3.8, 4) is 11.4 Å². The molecule has 2 aliphatic rings. The number of nitrogens with two attached hydrogens (primary N) is 2. The van der Waals surface area contributed by atoms with E-state index in [9.17, 15) is 23.0 Å². The van der Waals surface area contributed by atoms with Gasteiger partial charge in [-0.05, 0) is 211 Å². The predicted molar refractivity (Wildman–Crippen MR) is 343 cm³/mol. The third kappa shape index (κ3) is 16.6. The van der Waals surface area contributed by atoms with Crippen molar-refractivity contribution >= 4 is 52.7 Å². The molecule has 8 N–H and O–H groups in total. The summed E-state index contributed by atoms with van der Waals surface area (Å²) in [6, 6.07) is 35.0. The van der Waals surface area contributed by atoms with Crippen LogP contribution in [0.25, 0.3) is 11.4 Å². The number of carbonyl (C=O) groups excluding carboxylic acids is 3. The van der Waals surface area contributed by atoms with E-state index < -0.39 is 62.0 Å². The first-order valence-electron chi connectivity index (χ1n) is 29.4. The maximum absolute atomic E-state index is 15.6. The summed E-state index contributed by atoms with van der Waals surface area (Å²) in [6.45, 7) is 15.2. The fourth-order valence-corrected chi connectivity index (χ4v) is 11.3. The van der Waals surface area contributed by atoms with Gasteiger partial charge in [0.25, 0.3) is 11.8 Å². The molecule has 0 bridgehead atoms. The zero-order valence-electron chi connectivity index (χ0n) is 51.0. The molecule has 0 spiro atoms. The Balaban J connectivity index is 0.000000235. The van der Waals surface area contributed by atoms with Gasteiger partial charge in [-0.25, -0.2) is 31.9 Å². The molecule has 0 saturated heterocycles. The van der Waals surface area contributed by atoms with E-state index in [-0.39, 0.29) is 36.0 Å². The topological polar surface area (TPSA) is 239 Å². The van der Waals surface area contributed by atoms with Gasteiger partial charge in [0.1, 0.15) is 28.6 Å². The Labute approximate surface area is 522 Å². The Bertz CT molecular complexity index is 3770. The number of alkyl carbamates (subject to hydrolysis) is 1. The summed E-state index contributed by atoms with van der Waals surface area (Å²) in [7, 11) is -1.48.